The molecule has 0 saturated heterocycles. The minimum atomic E-state index is 0.498. The van der Waals surface area contributed by atoms with Crippen molar-refractivity contribution in [2.45, 2.75) is 71.6 Å². The third kappa shape index (κ3) is 3.98. The van der Waals surface area contributed by atoms with Crippen molar-refractivity contribution < 1.29 is 4.79 Å². The third-order valence-corrected chi connectivity index (χ3v) is 5.81. The molecule has 1 heterocycles. The van der Waals surface area contributed by atoms with Crippen molar-refractivity contribution in [2.75, 3.05) is 0 Å². The van der Waals surface area contributed by atoms with Crippen LogP contribution in [0.2, 0.25) is 0 Å². The van der Waals surface area contributed by atoms with E-state index in [1.807, 2.05) is 17.4 Å². The zero-order chi connectivity index (χ0) is 16.1. The summed E-state index contributed by atoms with van der Waals surface area (Å²) in [6.07, 6.45) is 13.6. The van der Waals surface area contributed by atoms with E-state index < -0.39 is 0 Å². The Kier molecular flexibility index (Phi) is 6.19. The van der Waals surface area contributed by atoms with Gasteiger partial charge in [-0.1, -0.05) is 44.8 Å². The van der Waals surface area contributed by atoms with Crippen molar-refractivity contribution in [3.05, 3.63) is 32.5 Å². The van der Waals surface area contributed by atoms with Gasteiger partial charge >= 0.3 is 0 Å². The molecule has 120 valence electrons. The van der Waals surface area contributed by atoms with Gasteiger partial charge in [-0.15, -0.1) is 11.3 Å². The molecule has 1 aromatic rings. The standard InChI is InChI=1S/C20H28OS/c1-14(2)13-18-19(16-9-6-5-7-10-16)17(11-8-12-21)20(22-18)15(3)4/h8,11-13,15-16H,5-7,9-10H2,1-4H3/b11-8+. The fraction of sp³-hybridized carbons (Fsp3) is 0.550. The molecule has 1 fully saturated rings. The van der Waals surface area contributed by atoms with E-state index in [-0.39, 0.29) is 0 Å². The number of rotatable bonds is 5. The molecule has 1 aliphatic carbocycles. The molecule has 0 aromatic carbocycles. The minimum absolute atomic E-state index is 0.498. The Morgan fingerprint density at radius 2 is 1.86 bits per heavy atom. The fourth-order valence-electron chi connectivity index (χ4n) is 3.41. The predicted molar refractivity (Wildman–Crippen MR) is 98.7 cm³/mol. The van der Waals surface area contributed by atoms with Gasteiger partial charge in [-0.25, -0.2) is 0 Å². The van der Waals surface area contributed by atoms with Gasteiger partial charge in [0.05, 0.1) is 0 Å². The zero-order valence-electron chi connectivity index (χ0n) is 14.3. The summed E-state index contributed by atoms with van der Waals surface area (Å²) in [5, 5.41) is 0. The fourth-order valence-corrected chi connectivity index (χ4v) is 4.85. The van der Waals surface area contributed by atoms with Crippen LogP contribution in [0.4, 0.5) is 0 Å². The summed E-state index contributed by atoms with van der Waals surface area (Å²) in [6.45, 7) is 8.84. The van der Waals surface area contributed by atoms with Gasteiger partial charge in [0, 0.05) is 9.75 Å². The number of hydrogen-bond donors (Lipinski definition) is 0. The Bertz CT molecular complexity index is 565. The first-order chi connectivity index (χ1) is 10.5. The molecule has 0 radical (unpaired) electrons. The monoisotopic (exact) mass is 316 g/mol. The molecular weight excluding hydrogens is 288 g/mol. The van der Waals surface area contributed by atoms with Crippen LogP contribution in [-0.2, 0) is 4.79 Å². The summed E-state index contributed by atoms with van der Waals surface area (Å²) in [5.74, 6) is 1.16. The van der Waals surface area contributed by atoms with Crippen LogP contribution in [0.1, 0.15) is 92.5 Å². The van der Waals surface area contributed by atoms with Gasteiger partial charge in [-0.05, 0) is 61.8 Å². The average Bonchev–Trinajstić information content (AvgIpc) is 2.83. The molecule has 2 heteroatoms. The van der Waals surface area contributed by atoms with E-state index in [1.165, 1.54) is 58.6 Å². The van der Waals surface area contributed by atoms with Gasteiger partial charge in [0.1, 0.15) is 6.29 Å². The first-order valence-corrected chi connectivity index (χ1v) is 9.29. The molecule has 0 aliphatic heterocycles. The lowest BCUT2D eigenvalue weighted by molar-refractivity contribution is -0.104. The van der Waals surface area contributed by atoms with Gasteiger partial charge in [0.25, 0.3) is 0 Å². The quantitative estimate of drug-likeness (QED) is 0.444. The summed E-state index contributed by atoms with van der Waals surface area (Å²) in [7, 11) is 0. The van der Waals surface area contributed by atoms with Crippen LogP contribution in [0.15, 0.2) is 11.6 Å². The van der Waals surface area contributed by atoms with Crippen LogP contribution in [-0.4, -0.2) is 6.29 Å². The highest BCUT2D eigenvalue weighted by atomic mass is 32.1. The first-order valence-electron chi connectivity index (χ1n) is 8.48. The van der Waals surface area contributed by atoms with Gasteiger partial charge in [0.15, 0.2) is 0 Å². The molecule has 22 heavy (non-hydrogen) atoms. The number of hydrogen-bond acceptors (Lipinski definition) is 2. The van der Waals surface area contributed by atoms with Gasteiger partial charge in [0.2, 0.25) is 0 Å². The maximum absolute atomic E-state index is 10.8. The maximum Gasteiger partial charge on any atom is 0.142 e. The lowest BCUT2D eigenvalue weighted by Gasteiger charge is -2.23. The highest BCUT2D eigenvalue weighted by Gasteiger charge is 2.25. The Hall–Kier alpha value is -1.15. The number of aldehydes is 1. The molecule has 0 unspecified atom stereocenters. The molecule has 0 bridgehead atoms. The van der Waals surface area contributed by atoms with Crippen LogP contribution in [0.3, 0.4) is 0 Å². The minimum Gasteiger partial charge on any atom is -0.299 e. The first kappa shape index (κ1) is 17.2. The second kappa shape index (κ2) is 7.92. The van der Waals surface area contributed by atoms with Crippen molar-refractivity contribution in [3.63, 3.8) is 0 Å². The molecule has 0 N–H and O–H groups in total. The maximum atomic E-state index is 10.8. The predicted octanol–water partition coefficient (Wildman–Crippen LogP) is 6.55. The molecule has 0 amide bonds. The summed E-state index contributed by atoms with van der Waals surface area (Å²) < 4.78 is 0. The van der Waals surface area contributed by atoms with Crippen molar-refractivity contribution in [1.82, 2.24) is 0 Å². The smallest absolute Gasteiger partial charge is 0.142 e. The summed E-state index contributed by atoms with van der Waals surface area (Å²) >= 11 is 1.92. The lowest BCUT2D eigenvalue weighted by atomic mass is 9.81. The molecule has 1 nitrogen and oxygen atoms in total. The topological polar surface area (TPSA) is 17.1 Å². The molecule has 2 rings (SSSR count). The molecule has 1 aliphatic rings. The van der Waals surface area contributed by atoms with Crippen LogP contribution in [0, 0.1) is 0 Å². The van der Waals surface area contributed by atoms with Crippen molar-refractivity contribution >= 4 is 29.8 Å². The van der Waals surface area contributed by atoms with Crippen LogP contribution >= 0.6 is 11.3 Å². The molecule has 0 atom stereocenters. The van der Waals surface area contributed by atoms with Crippen molar-refractivity contribution in [1.29, 1.82) is 0 Å². The van der Waals surface area contributed by atoms with Crippen LogP contribution in [0.25, 0.3) is 12.2 Å². The van der Waals surface area contributed by atoms with Gasteiger partial charge < -0.3 is 0 Å². The zero-order valence-corrected chi connectivity index (χ0v) is 15.1. The Balaban J connectivity index is 2.59. The SMILES string of the molecule is CC(C)=Cc1sc(C(C)C)c(/C=C/C=O)c1C1CCCCC1. The highest BCUT2D eigenvalue weighted by Crippen LogP contribution is 2.44. The highest BCUT2D eigenvalue weighted by molar-refractivity contribution is 7.13. The van der Waals surface area contributed by atoms with E-state index >= 15 is 0 Å². The van der Waals surface area contributed by atoms with Crippen molar-refractivity contribution in [3.8, 4) is 0 Å². The summed E-state index contributed by atoms with van der Waals surface area (Å²) in [5.41, 5.74) is 4.18. The lowest BCUT2D eigenvalue weighted by Crippen LogP contribution is -2.06. The summed E-state index contributed by atoms with van der Waals surface area (Å²) in [6, 6.07) is 0. The van der Waals surface area contributed by atoms with E-state index in [4.69, 9.17) is 0 Å². The number of thiophene rings is 1. The van der Waals surface area contributed by atoms with E-state index in [0.717, 1.165) is 6.29 Å². The second-order valence-corrected chi connectivity index (χ2v) is 7.95. The Labute approximate surface area is 139 Å². The van der Waals surface area contributed by atoms with Gasteiger partial charge in [-0.2, -0.15) is 0 Å². The van der Waals surface area contributed by atoms with Crippen molar-refractivity contribution in [2.24, 2.45) is 0 Å². The Morgan fingerprint density at radius 1 is 1.18 bits per heavy atom. The van der Waals surface area contributed by atoms with Crippen LogP contribution < -0.4 is 0 Å². The third-order valence-electron chi connectivity index (χ3n) is 4.34. The molecule has 1 aromatic heterocycles. The molecule has 1 saturated carbocycles. The second-order valence-electron chi connectivity index (χ2n) is 6.86. The molecular formula is C20H28OS. The average molecular weight is 317 g/mol. The number of carbonyl (C=O) groups is 1. The summed E-state index contributed by atoms with van der Waals surface area (Å²) in [4.78, 5) is 13.7. The largest absolute Gasteiger partial charge is 0.299 e. The van der Waals surface area contributed by atoms with Gasteiger partial charge in [-0.3, -0.25) is 4.79 Å². The number of allylic oxidation sites excluding steroid dienone is 2. The van der Waals surface area contributed by atoms with E-state index in [1.54, 1.807) is 6.08 Å². The number of carbonyl (C=O) groups excluding carboxylic acids is 1. The van der Waals surface area contributed by atoms with E-state index in [2.05, 4.69) is 33.8 Å². The van der Waals surface area contributed by atoms with E-state index in [9.17, 15) is 4.79 Å². The van der Waals surface area contributed by atoms with E-state index in [0.29, 0.717) is 11.8 Å². The molecule has 0 spiro atoms. The Morgan fingerprint density at radius 3 is 2.41 bits per heavy atom. The normalized spacial score (nSPS) is 16.4. The van der Waals surface area contributed by atoms with Crippen LogP contribution in [0.5, 0.6) is 0 Å².